The van der Waals surface area contributed by atoms with Crippen molar-refractivity contribution in [1.82, 2.24) is 10.2 Å². The minimum absolute atomic E-state index is 0.00703. The molecule has 8 heteroatoms. The Hall–Kier alpha value is -1.25. The van der Waals surface area contributed by atoms with Gasteiger partial charge in [0.05, 0.1) is 5.75 Å². The molecule has 1 fully saturated rings. The van der Waals surface area contributed by atoms with Crippen LogP contribution in [0.4, 0.5) is 11.4 Å². The molecule has 1 aliphatic heterocycles. The SMILES string of the molecule is CCCCSc1nnc(SCC(=O)Nc2ccc(N3CCCC3)cc2C)s1. The summed E-state index contributed by atoms with van der Waals surface area (Å²) in [7, 11) is 0. The van der Waals surface area contributed by atoms with Crippen molar-refractivity contribution in [2.75, 3.05) is 34.8 Å². The van der Waals surface area contributed by atoms with Gasteiger partial charge in [-0.05, 0) is 49.9 Å². The number of aryl methyl sites for hydroxylation is 1. The lowest BCUT2D eigenvalue weighted by molar-refractivity contribution is -0.113. The third-order valence-electron chi connectivity index (χ3n) is 4.39. The fourth-order valence-corrected chi connectivity index (χ4v) is 5.87. The third-order valence-corrected chi connectivity index (χ3v) is 7.67. The van der Waals surface area contributed by atoms with E-state index in [2.05, 4.69) is 39.5 Å². The van der Waals surface area contributed by atoms with E-state index in [1.807, 2.05) is 13.0 Å². The lowest BCUT2D eigenvalue weighted by Crippen LogP contribution is -2.18. The third kappa shape index (κ3) is 6.12. The number of nitrogens with zero attached hydrogens (tertiary/aromatic N) is 3. The van der Waals surface area contributed by atoms with Crippen molar-refractivity contribution < 1.29 is 4.79 Å². The van der Waals surface area contributed by atoms with Gasteiger partial charge in [0.25, 0.3) is 0 Å². The Balaban J connectivity index is 1.47. The summed E-state index contributed by atoms with van der Waals surface area (Å²) in [4.78, 5) is 14.7. The fraction of sp³-hybridized carbons (Fsp3) is 0.526. The van der Waals surface area contributed by atoms with Gasteiger partial charge in [-0.25, -0.2) is 0 Å². The number of hydrogen-bond acceptors (Lipinski definition) is 7. The lowest BCUT2D eigenvalue weighted by Gasteiger charge is -2.19. The van der Waals surface area contributed by atoms with Gasteiger partial charge >= 0.3 is 0 Å². The number of unbranched alkanes of at least 4 members (excludes halogenated alkanes) is 1. The zero-order valence-electron chi connectivity index (χ0n) is 15.9. The number of carbonyl (C=O) groups is 1. The number of nitrogens with one attached hydrogen (secondary N) is 1. The second-order valence-corrected chi connectivity index (χ2v) is 10.1. The van der Waals surface area contributed by atoms with Crippen LogP contribution in [0, 0.1) is 6.92 Å². The van der Waals surface area contributed by atoms with Crippen LogP contribution in [0.3, 0.4) is 0 Å². The van der Waals surface area contributed by atoms with E-state index >= 15 is 0 Å². The van der Waals surface area contributed by atoms with E-state index in [1.165, 1.54) is 43.1 Å². The molecule has 5 nitrogen and oxygen atoms in total. The molecule has 1 saturated heterocycles. The number of rotatable bonds is 9. The Morgan fingerprint density at radius 2 is 1.96 bits per heavy atom. The van der Waals surface area contributed by atoms with Crippen LogP contribution in [0.5, 0.6) is 0 Å². The largest absolute Gasteiger partial charge is 0.372 e. The van der Waals surface area contributed by atoms with Gasteiger partial charge in [-0.3, -0.25) is 4.79 Å². The summed E-state index contributed by atoms with van der Waals surface area (Å²) in [6, 6.07) is 6.28. The Morgan fingerprint density at radius 1 is 1.22 bits per heavy atom. The van der Waals surface area contributed by atoms with Crippen molar-refractivity contribution in [1.29, 1.82) is 0 Å². The molecule has 1 aromatic heterocycles. The fourth-order valence-electron chi connectivity index (χ4n) is 2.89. The predicted molar refractivity (Wildman–Crippen MR) is 118 cm³/mol. The maximum atomic E-state index is 12.3. The number of aromatic nitrogens is 2. The van der Waals surface area contributed by atoms with Gasteiger partial charge in [0.2, 0.25) is 5.91 Å². The summed E-state index contributed by atoms with van der Waals surface area (Å²) >= 11 is 4.76. The molecule has 3 rings (SSSR count). The molecule has 2 aromatic rings. The van der Waals surface area contributed by atoms with E-state index in [0.717, 1.165) is 38.8 Å². The van der Waals surface area contributed by atoms with Crippen LogP contribution < -0.4 is 10.2 Å². The van der Waals surface area contributed by atoms with Crippen LogP contribution >= 0.6 is 34.9 Å². The van der Waals surface area contributed by atoms with Crippen LogP contribution in [-0.2, 0) is 4.79 Å². The zero-order valence-corrected chi connectivity index (χ0v) is 18.3. The van der Waals surface area contributed by atoms with Gasteiger partial charge in [0.15, 0.2) is 8.68 Å². The van der Waals surface area contributed by atoms with Crippen LogP contribution in [0.1, 0.15) is 38.2 Å². The number of carbonyl (C=O) groups excluding carboxylic acids is 1. The molecule has 1 N–H and O–H groups in total. The van der Waals surface area contributed by atoms with Crippen molar-refractivity contribution in [3.8, 4) is 0 Å². The predicted octanol–water partition coefficient (Wildman–Crippen LogP) is 5.07. The molecule has 1 amide bonds. The number of thioether (sulfide) groups is 2. The number of benzene rings is 1. The van der Waals surface area contributed by atoms with E-state index < -0.39 is 0 Å². The molecule has 0 radical (unpaired) electrons. The van der Waals surface area contributed by atoms with E-state index in [4.69, 9.17) is 0 Å². The second kappa shape index (κ2) is 10.3. The molecule has 1 aliphatic rings. The van der Waals surface area contributed by atoms with E-state index in [0.29, 0.717) is 5.75 Å². The van der Waals surface area contributed by atoms with Gasteiger partial charge in [0, 0.05) is 30.2 Å². The summed E-state index contributed by atoms with van der Waals surface area (Å²) in [6.07, 6.45) is 4.90. The topological polar surface area (TPSA) is 58.1 Å². The highest BCUT2D eigenvalue weighted by Crippen LogP contribution is 2.30. The molecular weight excluding hydrogens is 396 g/mol. The first-order chi connectivity index (χ1) is 13.2. The average Bonchev–Trinajstić information content (AvgIpc) is 3.34. The summed E-state index contributed by atoms with van der Waals surface area (Å²) in [5, 5.41) is 11.4. The smallest absolute Gasteiger partial charge is 0.234 e. The number of anilines is 2. The molecule has 0 atom stereocenters. The maximum Gasteiger partial charge on any atom is 0.234 e. The summed E-state index contributed by atoms with van der Waals surface area (Å²) in [5.74, 6) is 1.41. The maximum absolute atomic E-state index is 12.3. The van der Waals surface area contributed by atoms with Crippen molar-refractivity contribution >= 4 is 52.1 Å². The highest BCUT2D eigenvalue weighted by atomic mass is 32.2. The number of amides is 1. The van der Waals surface area contributed by atoms with Crippen molar-refractivity contribution in [2.24, 2.45) is 0 Å². The Kier molecular flexibility index (Phi) is 7.84. The van der Waals surface area contributed by atoms with E-state index in [1.54, 1.807) is 23.1 Å². The summed E-state index contributed by atoms with van der Waals surface area (Å²) in [5.41, 5.74) is 3.24. The first-order valence-electron chi connectivity index (χ1n) is 9.40. The molecule has 0 aliphatic carbocycles. The van der Waals surface area contributed by atoms with E-state index in [-0.39, 0.29) is 5.91 Å². The van der Waals surface area contributed by atoms with Crippen LogP contribution in [0.25, 0.3) is 0 Å². The van der Waals surface area contributed by atoms with Gasteiger partial charge in [-0.1, -0.05) is 48.2 Å². The molecule has 0 spiro atoms. The molecule has 0 bridgehead atoms. The lowest BCUT2D eigenvalue weighted by atomic mass is 10.1. The van der Waals surface area contributed by atoms with Crippen molar-refractivity contribution in [3.05, 3.63) is 23.8 Å². The van der Waals surface area contributed by atoms with Crippen LogP contribution in [-0.4, -0.2) is 40.7 Å². The Bertz CT molecular complexity index is 759. The molecule has 0 unspecified atom stereocenters. The molecule has 27 heavy (non-hydrogen) atoms. The van der Waals surface area contributed by atoms with Gasteiger partial charge < -0.3 is 10.2 Å². The molecule has 0 saturated carbocycles. The first-order valence-corrected chi connectivity index (χ1v) is 12.2. The second-order valence-electron chi connectivity index (χ2n) is 6.57. The summed E-state index contributed by atoms with van der Waals surface area (Å²) < 4.78 is 1.84. The monoisotopic (exact) mass is 422 g/mol. The van der Waals surface area contributed by atoms with Gasteiger partial charge in [-0.2, -0.15) is 0 Å². The first kappa shape index (κ1) is 20.5. The van der Waals surface area contributed by atoms with Crippen molar-refractivity contribution in [3.63, 3.8) is 0 Å². The zero-order chi connectivity index (χ0) is 19.1. The molecule has 2 heterocycles. The molecule has 146 valence electrons. The van der Waals surface area contributed by atoms with Crippen molar-refractivity contribution in [2.45, 2.75) is 48.2 Å². The highest BCUT2D eigenvalue weighted by Gasteiger charge is 2.14. The summed E-state index contributed by atoms with van der Waals surface area (Å²) in [6.45, 7) is 6.49. The highest BCUT2D eigenvalue weighted by molar-refractivity contribution is 8.03. The normalized spacial score (nSPS) is 13.9. The average molecular weight is 423 g/mol. The number of hydrogen-bond donors (Lipinski definition) is 1. The van der Waals surface area contributed by atoms with Gasteiger partial charge in [-0.15, -0.1) is 10.2 Å². The molecule has 1 aromatic carbocycles. The Labute approximate surface area is 173 Å². The van der Waals surface area contributed by atoms with E-state index in [9.17, 15) is 4.79 Å². The van der Waals surface area contributed by atoms with Gasteiger partial charge in [0.1, 0.15) is 0 Å². The standard InChI is InChI=1S/C19H26N4OS3/c1-3-4-11-25-18-21-22-19(27-18)26-13-17(24)20-16-8-7-15(12-14(16)2)23-9-5-6-10-23/h7-8,12H,3-6,9-11,13H2,1-2H3,(H,20,24). The quantitative estimate of drug-likeness (QED) is 0.450. The van der Waals surface area contributed by atoms with Crippen LogP contribution in [0.15, 0.2) is 26.9 Å². The Morgan fingerprint density at radius 3 is 2.67 bits per heavy atom. The van der Waals surface area contributed by atoms with Crippen LogP contribution in [0.2, 0.25) is 0 Å². The minimum Gasteiger partial charge on any atom is -0.372 e. The molecular formula is C19H26N4OS3. The minimum atomic E-state index is -0.00703.